The fraction of sp³-hybridized carbons (Fsp3) is 0.333. The van der Waals surface area contributed by atoms with Crippen LogP contribution in [0.1, 0.15) is 18.9 Å². The lowest BCUT2D eigenvalue weighted by molar-refractivity contribution is -0.143. The van der Waals surface area contributed by atoms with Gasteiger partial charge in [-0.1, -0.05) is 0 Å². The van der Waals surface area contributed by atoms with Crippen molar-refractivity contribution in [1.29, 1.82) is 0 Å². The summed E-state index contributed by atoms with van der Waals surface area (Å²) in [5.74, 6) is -1.92. The molecule has 0 amide bonds. The lowest BCUT2D eigenvalue weighted by atomic mass is 10.1. The molecule has 3 rings (SSSR count). The Bertz CT molecular complexity index is 1060. The molecule has 10 nitrogen and oxygen atoms in total. The van der Waals surface area contributed by atoms with E-state index < -0.39 is 18.2 Å². The predicted molar refractivity (Wildman–Crippen MR) is 113 cm³/mol. The highest BCUT2D eigenvalue weighted by Gasteiger charge is 2.20. The molecule has 0 unspecified atom stereocenters. The number of hydrogen-bond acceptors (Lipinski definition) is 9. The van der Waals surface area contributed by atoms with Gasteiger partial charge in [-0.3, -0.25) is 9.48 Å². The molecular formula is C21H23F2N5O5. The Hall–Kier alpha value is -3.96. The number of methoxy groups -OCH3 is 2. The summed E-state index contributed by atoms with van der Waals surface area (Å²) in [6.07, 6.45) is 6.16. The maximum absolute atomic E-state index is 14.4. The second kappa shape index (κ2) is 11.1. The minimum atomic E-state index is -0.880. The molecule has 176 valence electrons. The lowest BCUT2D eigenvalue weighted by Gasteiger charge is -2.13. The van der Waals surface area contributed by atoms with E-state index in [9.17, 15) is 13.6 Å². The van der Waals surface area contributed by atoms with Gasteiger partial charge in [0.2, 0.25) is 5.95 Å². The van der Waals surface area contributed by atoms with Crippen LogP contribution in [0.4, 0.5) is 20.4 Å². The number of rotatable bonds is 11. The molecule has 0 fully saturated rings. The highest BCUT2D eigenvalue weighted by Crippen LogP contribution is 2.32. The summed E-state index contributed by atoms with van der Waals surface area (Å²) < 4.78 is 50.6. The molecule has 33 heavy (non-hydrogen) atoms. The molecule has 0 aliphatic rings. The van der Waals surface area contributed by atoms with E-state index >= 15 is 0 Å². The Morgan fingerprint density at radius 1 is 1.09 bits per heavy atom. The largest absolute Gasteiger partial charge is 0.494 e. The first-order valence-electron chi connectivity index (χ1n) is 9.93. The minimum absolute atomic E-state index is 0.162. The zero-order valence-electron chi connectivity index (χ0n) is 18.3. The molecule has 12 heteroatoms. The smallest absolute Gasteiger partial charge is 0.307 e. The topological polar surface area (TPSA) is 110 Å². The molecule has 0 saturated carbocycles. The molecule has 0 radical (unpaired) electrons. The Balaban J connectivity index is 1.59. The van der Waals surface area contributed by atoms with Crippen molar-refractivity contribution in [1.82, 2.24) is 19.7 Å². The van der Waals surface area contributed by atoms with Gasteiger partial charge in [-0.15, -0.1) is 0 Å². The number of nitrogens with one attached hydrogen (secondary N) is 1. The second-order valence-corrected chi connectivity index (χ2v) is 6.59. The Kier molecular flexibility index (Phi) is 7.95. The number of carbonyl (C=O) groups excluding carboxylic acids is 1. The van der Waals surface area contributed by atoms with E-state index in [1.54, 1.807) is 24.0 Å². The number of esters is 1. The minimum Gasteiger partial charge on any atom is -0.494 e. The molecule has 2 aromatic heterocycles. The average molecular weight is 463 g/mol. The molecule has 0 bridgehead atoms. The van der Waals surface area contributed by atoms with Crippen LogP contribution in [0, 0.1) is 11.6 Å². The van der Waals surface area contributed by atoms with Gasteiger partial charge in [0.15, 0.2) is 28.9 Å². The number of hydrogen-bond donors (Lipinski definition) is 1. The Morgan fingerprint density at radius 3 is 2.36 bits per heavy atom. The van der Waals surface area contributed by atoms with Crippen LogP contribution in [0.25, 0.3) is 0 Å². The van der Waals surface area contributed by atoms with Crippen LogP contribution in [-0.2, 0) is 22.7 Å². The van der Waals surface area contributed by atoms with Gasteiger partial charge >= 0.3 is 5.97 Å². The van der Waals surface area contributed by atoms with Gasteiger partial charge in [-0.25, -0.2) is 18.7 Å². The molecule has 0 aliphatic carbocycles. The van der Waals surface area contributed by atoms with E-state index in [1.165, 1.54) is 26.6 Å². The number of benzene rings is 1. The van der Waals surface area contributed by atoms with Crippen LogP contribution in [0.5, 0.6) is 17.2 Å². The number of carbonyl (C=O) groups is 1. The van der Waals surface area contributed by atoms with Crippen LogP contribution in [0.15, 0.2) is 30.9 Å². The maximum atomic E-state index is 14.4. The summed E-state index contributed by atoms with van der Waals surface area (Å²) >= 11 is 0. The van der Waals surface area contributed by atoms with Crippen LogP contribution in [0.3, 0.4) is 0 Å². The molecule has 1 N–H and O–H groups in total. The number of aryl methyl sites for hydroxylation is 1. The zero-order chi connectivity index (χ0) is 23.8. The Morgan fingerprint density at radius 2 is 1.76 bits per heavy atom. The third-order valence-electron chi connectivity index (χ3n) is 4.42. The van der Waals surface area contributed by atoms with Gasteiger partial charge in [-0.2, -0.15) is 5.10 Å². The second-order valence-electron chi connectivity index (χ2n) is 6.59. The number of ether oxygens (including phenoxy) is 4. The van der Waals surface area contributed by atoms with Gasteiger partial charge in [0.05, 0.1) is 63.6 Å². The summed E-state index contributed by atoms with van der Waals surface area (Å²) in [5, 5.41) is 7.10. The summed E-state index contributed by atoms with van der Waals surface area (Å²) in [5.41, 5.74) is 0.267. The van der Waals surface area contributed by atoms with Crippen LogP contribution >= 0.6 is 0 Å². The van der Waals surface area contributed by atoms with Crippen LogP contribution in [0.2, 0.25) is 0 Å². The monoisotopic (exact) mass is 463 g/mol. The van der Waals surface area contributed by atoms with Crippen molar-refractivity contribution in [2.75, 3.05) is 26.1 Å². The van der Waals surface area contributed by atoms with Gasteiger partial charge in [0, 0.05) is 12.3 Å². The summed E-state index contributed by atoms with van der Waals surface area (Å²) in [4.78, 5) is 19.6. The molecule has 0 saturated heterocycles. The van der Waals surface area contributed by atoms with E-state index in [0.29, 0.717) is 18.8 Å². The third-order valence-corrected chi connectivity index (χ3v) is 4.42. The first kappa shape index (κ1) is 23.7. The van der Waals surface area contributed by atoms with Gasteiger partial charge in [0.1, 0.15) is 6.61 Å². The maximum Gasteiger partial charge on any atom is 0.307 e. The summed E-state index contributed by atoms with van der Waals surface area (Å²) in [7, 11) is 2.54. The molecule has 2 heterocycles. The number of halogens is 2. The normalized spacial score (nSPS) is 10.6. The molecule has 0 aliphatic heterocycles. The molecular weight excluding hydrogens is 440 g/mol. The fourth-order valence-corrected chi connectivity index (χ4v) is 2.79. The van der Waals surface area contributed by atoms with Gasteiger partial charge in [0.25, 0.3) is 0 Å². The highest BCUT2D eigenvalue weighted by molar-refractivity contribution is 5.69. The molecule has 3 aromatic rings. The van der Waals surface area contributed by atoms with Crippen molar-refractivity contribution in [2.45, 2.75) is 26.5 Å². The van der Waals surface area contributed by atoms with Crippen molar-refractivity contribution in [3.63, 3.8) is 0 Å². The highest BCUT2D eigenvalue weighted by atomic mass is 19.1. The average Bonchev–Trinajstić information content (AvgIpc) is 3.26. The summed E-state index contributed by atoms with van der Waals surface area (Å²) in [6, 6.07) is 1.12. The zero-order valence-corrected chi connectivity index (χ0v) is 18.3. The van der Waals surface area contributed by atoms with E-state index in [-0.39, 0.29) is 41.2 Å². The standard InChI is InChI=1S/C21H23F2N5O5/c1-4-32-18(29)5-6-28-11-13(8-26-28)27-21-24-9-14(10-25-21)33-12-15-19(22)16(30-2)7-17(31-3)20(15)23/h7-11H,4-6,12H2,1-3H3,(H,24,25,27). The van der Waals surface area contributed by atoms with E-state index in [4.69, 9.17) is 18.9 Å². The number of nitrogens with zero attached hydrogens (tertiary/aromatic N) is 4. The van der Waals surface area contributed by atoms with Crippen molar-refractivity contribution in [2.24, 2.45) is 0 Å². The third kappa shape index (κ3) is 6.05. The first-order valence-corrected chi connectivity index (χ1v) is 9.93. The number of anilines is 2. The van der Waals surface area contributed by atoms with Gasteiger partial charge in [-0.05, 0) is 6.92 Å². The Labute approximate surface area is 188 Å². The van der Waals surface area contributed by atoms with E-state index in [0.717, 1.165) is 6.07 Å². The molecule has 1 aromatic carbocycles. The number of aromatic nitrogens is 4. The SMILES string of the molecule is CCOC(=O)CCn1cc(Nc2ncc(OCc3c(F)c(OC)cc(OC)c3F)cn2)cn1. The quantitative estimate of drug-likeness (QED) is 0.429. The van der Waals surface area contributed by atoms with Crippen molar-refractivity contribution < 1.29 is 32.5 Å². The van der Waals surface area contributed by atoms with Crippen LogP contribution in [-0.4, -0.2) is 46.5 Å². The van der Waals surface area contributed by atoms with Crippen molar-refractivity contribution in [3.05, 3.63) is 48.1 Å². The van der Waals surface area contributed by atoms with Crippen molar-refractivity contribution >= 4 is 17.6 Å². The van der Waals surface area contributed by atoms with E-state index in [2.05, 4.69) is 20.4 Å². The predicted octanol–water partition coefficient (Wildman–Crippen LogP) is 3.24. The van der Waals surface area contributed by atoms with E-state index in [1.807, 2.05) is 0 Å². The molecule has 0 spiro atoms. The lowest BCUT2D eigenvalue weighted by Crippen LogP contribution is -2.09. The van der Waals surface area contributed by atoms with Crippen LogP contribution < -0.4 is 19.5 Å². The van der Waals surface area contributed by atoms with Gasteiger partial charge < -0.3 is 24.3 Å². The first-order chi connectivity index (χ1) is 15.9. The fourth-order valence-electron chi connectivity index (χ4n) is 2.79. The van der Waals surface area contributed by atoms with Crippen molar-refractivity contribution in [3.8, 4) is 17.2 Å². The molecule has 0 atom stereocenters. The summed E-state index contributed by atoms with van der Waals surface area (Å²) in [6.45, 7) is 2.03.